The first-order chi connectivity index (χ1) is 13.6. The van der Waals surface area contributed by atoms with Crippen LogP contribution in [0, 0.1) is 0 Å². The van der Waals surface area contributed by atoms with Crippen LogP contribution in [0.2, 0.25) is 0 Å². The summed E-state index contributed by atoms with van der Waals surface area (Å²) in [5.41, 5.74) is 5.08. The number of hydrogen-bond acceptors (Lipinski definition) is 5. The monoisotopic (exact) mass is 374 g/mol. The van der Waals surface area contributed by atoms with E-state index in [1.165, 1.54) is 0 Å². The minimum atomic E-state index is -0.667. The summed E-state index contributed by atoms with van der Waals surface area (Å²) >= 11 is 0. The van der Waals surface area contributed by atoms with Gasteiger partial charge in [0.25, 0.3) is 0 Å². The highest BCUT2D eigenvalue weighted by molar-refractivity contribution is 5.96. The van der Waals surface area contributed by atoms with Crippen molar-refractivity contribution in [2.24, 2.45) is 0 Å². The van der Waals surface area contributed by atoms with Crippen LogP contribution in [0.1, 0.15) is 25.5 Å². The van der Waals surface area contributed by atoms with Crippen LogP contribution in [0.3, 0.4) is 0 Å². The number of rotatable bonds is 5. The molecule has 0 bridgehead atoms. The third kappa shape index (κ3) is 3.12. The van der Waals surface area contributed by atoms with Gasteiger partial charge in [-0.3, -0.25) is 4.68 Å². The first-order valence-corrected chi connectivity index (χ1v) is 9.26. The Balaban J connectivity index is 2.00. The Morgan fingerprint density at radius 3 is 2.57 bits per heavy atom. The van der Waals surface area contributed by atoms with Gasteiger partial charge < -0.3 is 9.84 Å². The van der Waals surface area contributed by atoms with Crippen LogP contribution in [0.5, 0.6) is 5.75 Å². The topological polar surface area (TPSA) is 73.1 Å². The van der Waals surface area contributed by atoms with E-state index >= 15 is 0 Å². The second-order valence-electron chi connectivity index (χ2n) is 6.62. The molecular weight excluding hydrogens is 352 g/mol. The van der Waals surface area contributed by atoms with Crippen molar-refractivity contribution in [1.82, 2.24) is 19.7 Å². The van der Waals surface area contributed by atoms with Gasteiger partial charge in [0.15, 0.2) is 0 Å². The maximum atomic E-state index is 10.2. The summed E-state index contributed by atoms with van der Waals surface area (Å²) in [7, 11) is 1.59. The van der Waals surface area contributed by atoms with E-state index in [4.69, 9.17) is 9.84 Å². The fourth-order valence-corrected chi connectivity index (χ4v) is 3.38. The van der Waals surface area contributed by atoms with E-state index in [1.807, 2.05) is 53.3 Å². The number of nitrogens with zero attached hydrogens (tertiary/aromatic N) is 4. The van der Waals surface area contributed by atoms with Crippen LogP contribution in [-0.4, -0.2) is 32.0 Å². The van der Waals surface area contributed by atoms with Crippen molar-refractivity contribution in [3.8, 4) is 28.3 Å². The summed E-state index contributed by atoms with van der Waals surface area (Å²) in [6.07, 6.45) is 2.90. The summed E-state index contributed by atoms with van der Waals surface area (Å²) in [5.74, 6) is 0.611. The molecule has 2 aromatic carbocycles. The molecule has 2 heterocycles. The molecule has 1 N–H and O–H groups in total. The highest BCUT2D eigenvalue weighted by atomic mass is 16.5. The first-order valence-electron chi connectivity index (χ1n) is 9.26. The fraction of sp³-hybridized carbons (Fsp3) is 0.227. The van der Waals surface area contributed by atoms with Crippen LogP contribution < -0.4 is 4.74 Å². The molecule has 4 aromatic rings. The van der Waals surface area contributed by atoms with Crippen molar-refractivity contribution in [3.05, 3.63) is 60.6 Å². The number of methoxy groups -OCH3 is 1. The van der Waals surface area contributed by atoms with Crippen molar-refractivity contribution >= 4 is 10.9 Å². The molecule has 0 unspecified atom stereocenters. The lowest BCUT2D eigenvalue weighted by atomic mass is 10.00. The van der Waals surface area contributed by atoms with E-state index in [0.717, 1.165) is 40.0 Å². The zero-order valence-electron chi connectivity index (χ0n) is 16.1. The molecule has 2 aromatic heterocycles. The minimum absolute atomic E-state index is 0.611. The van der Waals surface area contributed by atoms with Gasteiger partial charge in [-0.1, -0.05) is 30.3 Å². The Kier molecular flexibility index (Phi) is 4.79. The summed E-state index contributed by atoms with van der Waals surface area (Å²) < 4.78 is 7.35. The Hall–Kier alpha value is -3.25. The van der Waals surface area contributed by atoms with Crippen LogP contribution in [0.25, 0.3) is 33.4 Å². The maximum absolute atomic E-state index is 10.2. The summed E-state index contributed by atoms with van der Waals surface area (Å²) in [5, 5.41) is 15.8. The quantitative estimate of drug-likeness (QED) is 0.566. The van der Waals surface area contributed by atoms with Gasteiger partial charge in [-0.25, -0.2) is 9.97 Å². The number of fused-ring (bicyclic) bond motifs is 1. The van der Waals surface area contributed by atoms with Crippen LogP contribution in [0.15, 0.2) is 55.0 Å². The average molecular weight is 374 g/mol. The Labute approximate surface area is 163 Å². The zero-order valence-corrected chi connectivity index (χ0v) is 16.1. The summed E-state index contributed by atoms with van der Waals surface area (Å²) in [6, 6.07) is 13.8. The largest absolute Gasteiger partial charge is 0.496 e. The molecule has 0 aliphatic heterocycles. The minimum Gasteiger partial charge on any atom is -0.496 e. The molecule has 142 valence electrons. The molecule has 0 saturated heterocycles. The van der Waals surface area contributed by atoms with E-state index in [9.17, 15) is 5.11 Å². The Bertz CT molecular complexity index is 1120. The lowest BCUT2D eigenvalue weighted by molar-refractivity contribution is 0.194. The third-order valence-corrected chi connectivity index (χ3v) is 4.82. The number of aliphatic hydroxyl groups excluding tert-OH is 1. The SMILES string of the molecule is CCn1cc(-c2ncnc3cc(OC)c([C@H](C)O)cc23)c(-c2ccccc2)n1. The molecule has 6 heteroatoms. The van der Waals surface area contributed by atoms with Gasteiger partial charge in [-0.05, 0) is 19.9 Å². The van der Waals surface area contributed by atoms with Crippen LogP contribution >= 0.6 is 0 Å². The highest BCUT2D eigenvalue weighted by Crippen LogP contribution is 2.37. The van der Waals surface area contributed by atoms with Crippen molar-refractivity contribution in [2.45, 2.75) is 26.5 Å². The number of ether oxygens (including phenoxy) is 1. The van der Waals surface area contributed by atoms with E-state index in [2.05, 4.69) is 16.9 Å². The maximum Gasteiger partial charge on any atom is 0.126 e. The van der Waals surface area contributed by atoms with Crippen molar-refractivity contribution < 1.29 is 9.84 Å². The molecule has 1 atom stereocenters. The second-order valence-corrected chi connectivity index (χ2v) is 6.62. The van der Waals surface area contributed by atoms with Crippen LogP contribution in [-0.2, 0) is 6.54 Å². The standard InChI is InChI=1S/C22H22N4O2/c1-4-26-12-18(21(25-26)15-8-6-5-7-9-15)22-17-10-16(14(2)27)20(28-3)11-19(17)23-13-24-22/h5-14,27H,4H2,1-3H3/t14-/m0/s1. The predicted octanol–water partition coefficient (Wildman–Crippen LogP) is 4.24. The fourth-order valence-electron chi connectivity index (χ4n) is 3.38. The highest BCUT2D eigenvalue weighted by Gasteiger charge is 2.19. The van der Waals surface area contributed by atoms with Gasteiger partial charge in [0.1, 0.15) is 17.8 Å². The molecule has 6 nitrogen and oxygen atoms in total. The molecule has 0 aliphatic carbocycles. The Morgan fingerprint density at radius 2 is 1.89 bits per heavy atom. The van der Waals surface area contributed by atoms with Crippen molar-refractivity contribution in [1.29, 1.82) is 0 Å². The normalized spacial score (nSPS) is 12.3. The lowest BCUT2D eigenvalue weighted by Crippen LogP contribution is -1.99. The molecule has 0 aliphatic rings. The number of aliphatic hydroxyl groups is 1. The molecule has 0 saturated carbocycles. The van der Waals surface area contributed by atoms with E-state index < -0.39 is 6.10 Å². The number of benzene rings is 2. The Morgan fingerprint density at radius 1 is 1.11 bits per heavy atom. The van der Waals surface area contributed by atoms with Gasteiger partial charge in [0, 0.05) is 40.9 Å². The van der Waals surface area contributed by atoms with E-state index in [0.29, 0.717) is 11.3 Å². The number of aromatic nitrogens is 4. The van der Waals surface area contributed by atoms with Gasteiger partial charge in [-0.2, -0.15) is 5.10 Å². The first kappa shape index (κ1) is 18.1. The zero-order chi connectivity index (χ0) is 19.7. The van der Waals surface area contributed by atoms with E-state index in [1.54, 1.807) is 20.4 Å². The van der Waals surface area contributed by atoms with Gasteiger partial charge in [0.2, 0.25) is 0 Å². The predicted molar refractivity (Wildman–Crippen MR) is 109 cm³/mol. The summed E-state index contributed by atoms with van der Waals surface area (Å²) in [4.78, 5) is 8.99. The second kappa shape index (κ2) is 7.40. The molecule has 0 amide bonds. The van der Waals surface area contributed by atoms with Gasteiger partial charge in [0.05, 0.1) is 24.4 Å². The lowest BCUT2D eigenvalue weighted by Gasteiger charge is -2.13. The summed E-state index contributed by atoms with van der Waals surface area (Å²) in [6.45, 7) is 4.54. The third-order valence-electron chi connectivity index (χ3n) is 4.82. The number of hydrogen-bond donors (Lipinski definition) is 1. The smallest absolute Gasteiger partial charge is 0.126 e. The molecule has 0 radical (unpaired) electrons. The molecular formula is C22H22N4O2. The molecule has 0 fully saturated rings. The molecule has 0 spiro atoms. The van der Waals surface area contributed by atoms with Crippen molar-refractivity contribution in [3.63, 3.8) is 0 Å². The number of aryl methyl sites for hydroxylation is 1. The van der Waals surface area contributed by atoms with E-state index in [-0.39, 0.29) is 0 Å². The van der Waals surface area contributed by atoms with Gasteiger partial charge in [-0.15, -0.1) is 0 Å². The average Bonchev–Trinajstić information content (AvgIpc) is 3.17. The molecule has 28 heavy (non-hydrogen) atoms. The van der Waals surface area contributed by atoms with Gasteiger partial charge >= 0.3 is 0 Å². The van der Waals surface area contributed by atoms with Crippen molar-refractivity contribution in [2.75, 3.05) is 7.11 Å². The molecule has 4 rings (SSSR count). The van der Waals surface area contributed by atoms with Crippen LogP contribution in [0.4, 0.5) is 0 Å².